The van der Waals surface area contributed by atoms with Gasteiger partial charge in [0.2, 0.25) is 0 Å². The van der Waals surface area contributed by atoms with Crippen molar-refractivity contribution in [3.05, 3.63) is 65.7 Å². The van der Waals surface area contributed by atoms with Gasteiger partial charge < -0.3 is 10.1 Å². The highest BCUT2D eigenvalue weighted by Crippen LogP contribution is 2.16. The van der Waals surface area contributed by atoms with Crippen molar-refractivity contribution in [3.8, 4) is 5.75 Å². The number of hydrogen-bond acceptors (Lipinski definition) is 4. The Labute approximate surface area is 141 Å². The zero-order valence-electron chi connectivity index (χ0n) is 13.1. The fourth-order valence-electron chi connectivity index (χ4n) is 2.72. The van der Waals surface area contributed by atoms with E-state index < -0.39 is 9.84 Å². The van der Waals surface area contributed by atoms with Gasteiger partial charge >= 0.3 is 0 Å². The van der Waals surface area contributed by atoms with Crippen LogP contribution >= 0.6 is 0 Å². The van der Waals surface area contributed by atoms with Gasteiger partial charge in [0.25, 0.3) is 5.91 Å². The van der Waals surface area contributed by atoms with Gasteiger partial charge in [-0.25, -0.2) is 8.42 Å². The summed E-state index contributed by atoms with van der Waals surface area (Å²) in [6.45, 7) is 0.274. The molecule has 1 aliphatic heterocycles. The first-order valence-corrected chi connectivity index (χ1v) is 9.63. The van der Waals surface area contributed by atoms with Crippen LogP contribution < -0.4 is 10.1 Å². The van der Waals surface area contributed by atoms with Gasteiger partial charge in [-0.15, -0.1) is 0 Å². The summed E-state index contributed by atoms with van der Waals surface area (Å²) in [5.41, 5.74) is 1.28. The van der Waals surface area contributed by atoms with Gasteiger partial charge in [-0.05, 0) is 24.6 Å². The van der Waals surface area contributed by atoms with Crippen molar-refractivity contribution < 1.29 is 17.9 Å². The fraction of sp³-hybridized carbons (Fsp3) is 0.278. The minimum Gasteiger partial charge on any atom is -0.489 e. The summed E-state index contributed by atoms with van der Waals surface area (Å²) in [5.74, 6) is 0.622. The Hall–Kier alpha value is -2.34. The van der Waals surface area contributed by atoms with Gasteiger partial charge in [0.15, 0.2) is 9.84 Å². The molecule has 1 saturated heterocycles. The maximum atomic E-state index is 12.5. The average Bonchev–Trinajstić information content (AvgIpc) is 2.92. The number of para-hydroxylation sites is 1. The second-order valence-electron chi connectivity index (χ2n) is 5.83. The van der Waals surface area contributed by atoms with Crippen LogP contribution in [0.5, 0.6) is 5.75 Å². The SMILES string of the molecule is O=C(NC1CCS(=O)(=O)C1)c1ccccc1COc1ccccc1. The molecule has 5 nitrogen and oxygen atoms in total. The fourth-order valence-corrected chi connectivity index (χ4v) is 4.39. The van der Waals surface area contributed by atoms with Crippen molar-refractivity contribution in [1.29, 1.82) is 0 Å². The number of nitrogens with one attached hydrogen (secondary N) is 1. The standard InChI is InChI=1S/C18H19NO4S/c20-18(19-15-10-11-24(21,22)13-15)17-9-5-4-6-14(17)12-23-16-7-2-1-3-8-16/h1-9,15H,10-13H2,(H,19,20). The summed E-state index contributed by atoms with van der Waals surface area (Å²) < 4.78 is 28.7. The Bertz CT molecular complexity index is 818. The molecule has 1 aliphatic rings. The van der Waals surface area contributed by atoms with Gasteiger partial charge in [0.1, 0.15) is 12.4 Å². The van der Waals surface area contributed by atoms with Crippen LogP contribution in [0.4, 0.5) is 0 Å². The molecule has 2 aromatic rings. The zero-order valence-corrected chi connectivity index (χ0v) is 14.0. The smallest absolute Gasteiger partial charge is 0.251 e. The van der Waals surface area contributed by atoms with Gasteiger partial charge in [-0.3, -0.25) is 4.79 Å². The molecule has 0 radical (unpaired) electrons. The third-order valence-electron chi connectivity index (χ3n) is 3.97. The monoisotopic (exact) mass is 345 g/mol. The van der Waals surface area contributed by atoms with Crippen LogP contribution in [-0.4, -0.2) is 31.9 Å². The normalized spacial score (nSPS) is 18.9. The van der Waals surface area contributed by atoms with Crippen LogP contribution in [0.3, 0.4) is 0 Å². The number of amides is 1. The van der Waals surface area contributed by atoms with E-state index in [1.807, 2.05) is 42.5 Å². The van der Waals surface area contributed by atoms with E-state index in [1.165, 1.54) is 0 Å². The highest BCUT2D eigenvalue weighted by molar-refractivity contribution is 7.91. The molecule has 126 valence electrons. The first-order chi connectivity index (χ1) is 11.5. The first kappa shape index (κ1) is 16.5. The van der Waals surface area contributed by atoms with E-state index in [0.717, 1.165) is 11.3 Å². The first-order valence-electron chi connectivity index (χ1n) is 7.80. The molecule has 1 N–H and O–H groups in total. The van der Waals surface area contributed by atoms with E-state index in [9.17, 15) is 13.2 Å². The second kappa shape index (κ2) is 7.05. The predicted octanol–water partition coefficient (Wildman–Crippen LogP) is 2.18. The van der Waals surface area contributed by atoms with Crippen molar-refractivity contribution in [2.24, 2.45) is 0 Å². The number of benzene rings is 2. The summed E-state index contributed by atoms with van der Waals surface area (Å²) in [6.07, 6.45) is 0.469. The van der Waals surface area contributed by atoms with E-state index in [-0.39, 0.29) is 30.1 Å². The van der Waals surface area contributed by atoms with Gasteiger partial charge in [-0.1, -0.05) is 36.4 Å². The van der Waals surface area contributed by atoms with E-state index in [0.29, 0.717) is 12.0 Å². The van der Waals surface area contributed by atoms with Gasteiger partial charge in [-0.2, -0.15) is 0 Å². The molecular weight excluding hydrogens is 326 g/mol. The number of sulfone groups is 1. The summed E-state index contributed by atoms with van der Waals surface area (Å²) >= 11 is 0. The minimum atomic E-state index is -3.02. The van der Waals surface area contributed by atoms with Crippen LogP contribution in [-0.2, 0) is 16.4 Å². The maximum absolute atomic E-state index is 12.5. The quantitative estimate of drug-likeness (QED) is 0.901. The van der Waals surface area contributed by atoms with Crippen LogP contribution in [0, 0.1) is 0 Å². The number of carbonyl (C=O) groups excluding carboxylic acids is 1. The van der Waals surface area contributed by atoms with Crippen LogP contribution in [0.2, 0.25) is 0 Å². The summed E-state index contributed by atoms with van der Waals surface area (Å²) in [6, 6.07) is 16.3. The molecule has 6 heteroatoms. The average molecular weight is 345 g/mol. The van der Waals surface area contributed by atoms with Gasteiger partial charge in [0.05, 0.1) is 11.5 Å². The molecule has 24 heavy (non-hydrogen) atoms. The van der Waals surface area contributed by atoms with Crippen molar-refractivity contribution in [1.82, 2.24) is 5.32 Å². The van der Waals surface area contributed by atoms with E-state index in [4.69, 9.17) is 4.74 Å². The topological polar surface area (TPSA) is 72.5 Å². The molecular formula is C18H19NO4S. The minimum absolute atomic E-state index is 0.0153. The summed E-state index contributed by atoms with van der Waals surface area (Å²) in [7, 11) is -3.02. The van der Waals surface area contributed by atoms with Crippen molar-refractivity contribution in [2.75, 3.05) is 11.5 Å². The predicted molar refractivity (Wildman–Crippen MR) is 91.7 cm³/mol. The molecule has 1 unspecified atom stereocenters. The van der Waals surface area contributed by atoms with Crippen LogP contribution in [0.25, 0.3) is 0 Å². The number of rotatable bonds is 5. The molecule has 0 spiro atoms. The van der Waals surface area contributed by atoms with Crippen molar-refractivity contribution >= 4 is 15.7 Å². The van der Waals surface area contributed by atoms with Crippen LogP contribution in [0.1, 0.15) is 22.3 Å². The third-order valence-corrected chi connectivity index (χ3v) is 5.74. The van der Waals surface area contributed by atoms with Gasteiger partial charge in [0, 0.05) is 17.2 Å². The molecule has 1 amide bonds. The molecule has 2 aromatic carbocycles. The Morgan fingerprint density at radius 2 is 1.79 bits per heavy atom. The molecule has 0 aliphatic carbocycles. The zero-order chi connectivity index (χ0) is 17.0. The Morgan fingerprint density at radius 1 is 1.08 bits per heavy atom. The molecule has 1 atom stereocenters. The highest BCUT2D eigenvalue weighted by Gasteiger charge is 2.29. The van der Waals surface area contributed by atoms with E-state index >= 15 is 0 Å². The van der Waals surface area contributed by atoms with Crippen molar-refractivity contribution in [3.63, 3.8) is 0 Å². The number of hydrogen-bond donors (Lipinski definition) is 1. The summed E-state index contributed by atoms with van der Waals surface area (Å²) in [4.78, 5) is 12.5. The molecule has 1 heterocycles. The molecule has 0 saturated carbocycles. The maximum Gasteiger partial charge on any atom is 0.251 e. The largest absolute Gasteiger partial charge is 0.489 e. The molecule has 0 bridgehead atoms. The summed E-state index contributed by atoms with van der Waals surface area (Å²) in [5, 5.41) is 2.82. The lowest BCUT2D eigenvalue weighted by Crippen LogP contribution is -2.36. The second-order valence-corrected chi connectivity index (χ2v) is 8.06. The van der Waals surface area contributed by atoms with Crippen molar-refractivity contribution in [2.45, 2.75) is 19.1 Å². The lowest BCUT2D eigenvalue weighted by Gasteiger charge is -2.14. The Balaban J connectivity index is 1.68. The Kier molecular flexibility index (Phi) is 4.85. The number of ether oxygens (including phenoxy) is 1. The Morgan fingerprint density at radius 3 is 2.50 bits per heavy atom. The molecule has 0 aromatic heterocycles. The van der Waals surface area contributed by atoms with E-state index in [2.05, 4.69) is 5.32 Å². The van der Waals surface area contributed by atoms with Crippen LogP contribution in [0.15, 0.2) is 54.6 Å². The third kappa shape index (κ3) is 4.14. The lowest BCUT2D eigenvalue weighted by molar-refractivity contribution is 0.0938. The molecule has 1 fully saturated rings. The highest BCUT2D eigenvalue weighted by atomic mass is 32.2. The number of carbonyl (C=O) groups is 1. The lowest BCUT2D eigenvalue weighted by atomic mass is 10.1. The van der Waals surface area contributed by atoms with E-state index in [1.54, 1.807) is 12.1 Å². The molecule has 3 rings (SSSR count).